The molecule has 1 aliphatic heterocycles. The monoisotopic (exact) mass is 403 g/mol. The summed E-state index contributed by atoms with van der Waals surface area (Å²) in [7, 11) is 0. The van der Waals surface area contributed by atoms with E-state index in [1.54, 1.807) is 6.07 Å². The molecule has 2 aromatic rings. The third-order valence-electron chi connectivity index (χ3n) is 4.64. The highest BCUT2D eigenvalue weighted by molar-refractivity contribution is 5.93. The summed E-state index contributed by atoms with van der Waals surface area (Å²) in [5, 5.41) is 37.5. The minimum Gasteiger partial charge on any atom is -0.463 e. The maximum atomic E-state index is 11.9. The zero-order chi connectivity index (χ0) is 21.2. The van der Waals surface area contributed by atoms with Gasteiger partial charge in [0.25, 0.3) is 0 Å². The van der Waals surface area contributed by atoms with Crippen LogP contribution in [0, 0.1) is 11.3 Å². The average molecular weight is 403 g/mol. The number of esters is 1. The average Bonchev–Trinajstić information content (AvgIpc) is 3.22. The molecule has 1 aliphatic rings. The summed E-state index contributed by atoms with van der Waals surface area (Å²) >= 11 is 0. The summed E-state index contributed by atoms with van der Waals surface area (Å²) in [5.41, 5.74) is -1.44. The predicted octanol–water partition coefficient (Wildman–Crippen LogP) is -0.130. The van der Waals surface area contributed by atoms with Gasteiger partial charge in [-0.2, -0.15) is 10.4 Å². The largest absolute Gasteiger partial charge is 0.463 e. The van der Waals surface area contributed by atoms with Gasteiger partial charge in [0, 0.05) is 13.3 Å². The number of rotatable bonds is 6. The summed E-state index contributed by atoms with van der Waals surface area (Å²) in [5.74, 6) is -0.569. The molecule has 0 saturated carbocycles. The maximum absolute atomic E-state index is 11.9. The van der Waals surface area contributed by atoms with Crippen molar-refractivity contribution in [1.82, 2.24) is 14.6 Å². The normalized spacial score (nSPS) is 26.2. The van der Waals surface area contributed by atoms with E-state index in [9.17, 15) is 25.1 Å². The summed E-state index contributed by atoms with van der Waals surface area (Å²) in [6, 6.07) is 4.97. The molecule has 154 valence electrons. The van der Waals surface area contributed by atoms with Crippen molar-refractivity contribution in [2.24, 2.45) is 0 Å². The Morgan fingerprint density at radius 2 is 2.21 bits per heavy atom. The number of fused-ring (bicyclic) bond motifs is 1. The Balaban J connectivity index is 1.99. The Hall–Kier alpha value is -3.07. The summed E-state index contributed by atoms with van der Waals surface area (Å²) in [4.78, 5) is 27.0. The number of anilines is 1. The predicted molar refractivity (Wildman–Crippen MR) is 97.3 cm³/mol. The van der Waals surface area contributed by atoms with Crippen LogP contribution in [0.2, 0.25) is 0 Å². The third kappa shape index (κ3) is 3.65. The van der Waals surface area contributed by atoms with Gasteiger partial charge in [0.1, 0.15) is 42.8 Å². The van der Waals surface area contributed by atoms with Crippen LogP contribution in [0.25, 0.3) is 5.52 Å². The van der Waals surface area contributed by atoms with E-state index in [4.69, 9.17) is 9.47 Å². The molecule has 3 rings (SSSR count). The van der Waals surface area contributed by atoms with E-state index < -0.39 is 29.9 Å². The fourth-order valence-corrected chi connectivity index (χ4v) is 3.25. The number of hydrogen-bond donors (Lipinski definition) is 3. The van der Waals surface area contributed by atoms with Gasteiger partial charge in [-0.3, -0.25) is 9.59 Å². The molecule has 1 saturated heterocycles. The second kappa shape index (κ2) is 8.12. The van der Waals surface area contributed by atoms with Crippen molar-refractivity contribution in [2.75, 3.05) is 11.9 Å². The lowest BCUT2D eigenvalue weighted by Gasteiger charge is -2.24. The Morgan fingerprint density at radius 3 is 2.86 bits per heavy atom. The topological polar surface area (TPSA) is 159 Å². The molecular formula is C18H21N5O6. The molecule has 11 heteroatoms. The van der Waals surface area contributed by atoms with Gasteiger partial charge in [-0.05, 0) is 18.6 Å². The first kappa shape index (κ1) is 20.7. The highest BCUT2D eigenvalue weighted by atomic mass is 16.6. The lowest BCUT2D eigenvalue weighted by Crippen LogP contribution is -2.41. The van der Waals surface area contributed by atoms with Crippen LogP contribution in [0.3, 0.4) is 0 Å². The summed E-state index contributed by atoms with van der Waals surface area (Å²) < 4.78 is 11.8. The number of aliphatic hydroxyl groups is 2. The highest BCUT2D eigenvalue weighted by Crippen LogP contribution is 2.40. The maximum Gasteiger partial charge on any atom is 0.302 e. The van der Waals surface area contributed by atoms with Crippen LogP contribution >= 0.6 is 0 Å². The van der Waals surface area contributed by atoms with Crippen LogP contribution in [0.1, 0.15) is 32.4 Å². The number of nitrogens with zero attached hydrogens (tertiary/aromatic N) is 4. The van der Waals surface area contributed by atoms with E-state index in [0.29, 0.717) is 18.4 Å². The minimum absolute atomic E-state index is 0.139. The zero-order valence-corrected chi connectivity index (χ0v) is 15.9. The molecule has 0 radical (unpaired) electrons. The van der Waals surface area contributed by atoms with Crippen molar-refractivity contribution in [3.8, 4) is 6.07 Å². The van der Waals surface area contributed by atoms with Crippen LogP contribution in [-0.4, -0.2) is 61.6 Å². The van der Waals surface area contributed by atoms with Gasteiger partial charge >= 0.3 is 5.97 Å². The van der Waals surface area contributed by atoms with Gasteiger partial charge in [-0.15, -0.1) is 0 Å². The number of aliphatic hydroxyl groups excluding tert-OH is 2. The van der Waals surface area contributed by atoms with Gasteiger partial charge in [0.05, 0.1) is 5.69 Å². The van der Waals surface area contributed by atoms with Crippen LogP contribution < -0.4 is 5.32 Å². The van der Waals surface area contributed by atoms with Crippen molar-refractivity contribution in [2.45, 2.75) is 50.6 Å². The number of hydrogen-bond acceptors (Lipinski definition) is 9. The molecule has 0 aromatic carbocycles. The lowest BCUT2D eigenvalue weighted by atomic mass is 9.92. The molecule has 0 aliphatic carbocycles. The Labute approximate surface area is 165 Å². The molecule has 11 nitrogen and oxygen atoms in total. The van der Waals surface area contributed by atoms with Gasteiger partial charge in [-0.1, -0.05) is 6.92 Å². The Kier molecular flexibility index (Phi) is 5.78. The van der Waals surface area contributed by atoms with E-state index in [2.05, 4.69) is 15.4 Å². The zero-order valence-electron chi connectivity index (χ0n) is 15.9. The van der Waals surface area contributed by atoms with Crippen molar-refractivity contribution in [1.29, 1.82) is 5.26 Å². The van der Waals surface area contributed by atoms with E-state index >= 15 is 0 Å². The first-order valence-electron chi connectivity index (χ1n) is 9.05. The van der Waals surface area contributed by atoms with Crippen LogP contribution in [-0.2, 0) is 24.7 Å². The van der Waals surface area contributed by atoms with Crippen molar-refractivity contribution < 1.29 is 29.3 Å². The second-order valence-electron chi connectivity index (χ2n) is 6.66. The molecule has 29 heavy (non-hydrogen) atoms. The molecule has 0 bridgehead atoms. The van der Waals surface area contributed by atoms with E-state index in [0.717, 1.165) is 0 Å². The number of ether oxygens (including phenoxy) is 2. The van der Waals surface area contributed by atoms with Gasteiger partial charge in [0.2, 0.25) is 11.5 Å². The quantitative estimate of drug-likeness (QED) is 0.558. The van der Waals surface area contributed by atoms with Crippen LogP contribution in [0.4, 0.5) is 5.82 Å². The summed E-state index contributed by atoms with van der Waals surface area (Å²) in [6.07, 6.45) is -2.03. The molecule has 3 heterocycles. The number of carbonyl (C=O) groups is 2. The van der Waals surface area contributed by atoms with Crippen LogP contribution in [0.5, 0.6) is 0 Å². The number of nitrogens with one attached hydrogen (secondary N) is 1. The molecule has 0 unspecified atom stereocenters. The smallest absolute Gasteiger partial charge is 0.302 e. The molecule has 0 spiro atoms. The van der Waals surface area contributed by atoms with Crippen LogP contribution in [0.15, 0.2) is 18.5 Å². The molecule has 4 atom stereocenters. The lowest BCUT2D eigenvalue weighted by molar-refractivity contribution is -0.148. The van der Waals surface area contributed by atoms with Crippen molar-refractivity contribution in [3.05, 3.63) is 24.2 Å². The number of aromatic nitrogens is 3. The molecule has 1 fully saturated rings. The van der Waals surface area contributed by atoms with E-state index in [-0.39, 0.29) is 24.0 Å². The van der Waals surface area contributed by atoms with Gasteiger partial charge < -0.3 is 25.0 Å². The van der Waals surface area contributed by atoms with Crippen molar-refractivity contribution in [3.63, 3.8) is 0 Å². The van der Waals surface area contributed by atoms with Gasteiger partial charge in [-0.25, -0.2) is 9.50 Å². The Bertz CT molecular complexity index is 969. The number of carbonyl (C=O) groups excluding carboxylic acids is 2. The SMILES string of the molecule is CCCC(=O)Nc1ncnn2c([C@]3(C#N)O[C@H](COC(C)=O)[C@H](O)[C@H]3O)ccc12. The minimum atomic E-state index is -1.96. The van der Waals surface area contributed by atoms with E-state index in [1.807, 2.05) is 13.0 Å². The molecular weight excluding hydrogens is 382 g/mol. The first-order chi connectivity index (χ1) is 13.8. The van der Waals surface area contributed by atoms with Crippen molar-refractivity contribution >= 4 is 23.2 Å². The molecule has 3 N–H and O–H groups in total. The van der Waals surface area contributed by atoms with Gasteiger partial charge in [0.15, 0.2) is 5.82 Å². The highest BCUT2D eigenvalue weighted by Gasteiger charge is 2.57. The molecule has 1 amide bonds. The van der Waals surface area contributed by atoms with E-state index in [1.165, 1.54) is 23.8 Å². The fraction of sp³-hybridized carbons (Fsp3) is 0.500. The fourth-order valence-electron chi connectivity index (χ4n) is 3.25. The second-order valence-corrected chi connectivity index (χ2v) is 6.66. The standard InChI is InChI=1S/C18H21N5O6/c1-3-4-14(25)22-17-11-5-6-13(23(11)21-9-20-17)18(8-19)16(27)15(26)12(29-18)7-28-10(2)24/h5-6,9,12,15-16,26-27H,3-4,7H2,1-2H3,(H,20,21,22,25)/t12-,15+,16-,18+/m1/s1. The Morgan fingerprint density at radius 1 is 1.45 bits per heavy atom. The molecule has 2 aromatic heterocycles. The number of nitriles is 1. The number of amides is 1. The summed E-state index contributed by atoms with van der Waals surface area (Å²) in [6.45, 7) is 2.74. The third-order valence-corrected chi connectivity index (χ3v) is 4.64. The first-order valence-corrected chi connectivity index (χ1v) is 9.05.